The molecule has 0 spiro atoms. The maximum Gasteiger partial charge on any atom is 0.270 e. The van der Waals surface area contributed by atoms with E-state index in [2.05, 4.69) is 15.5 Å². The van der Waals surface area contributed by atoms with E-state index in [-0.39, 0.29) is 41.8 Å². The molecule has 32 heavy (non-hydrogen) atoms. The summed E-state index contributed by atoms with van der Waals surface area (Å²) < 4.78 is 46.6. The highest BCUT2D eigenvalue weighted by atomic mass is 32.2. The molecule has 0 atom stereocenters. The number of nitrogens with one attached hydrogen (secondary N) is 1. The number of sulfonamides is 1. The Morgan fingerprint density at radius 3 is 2.69 bits per heavy atom. The number of anilines is 2. The smallest absolute Gasteiger partial charge is 0.270 e. The summed E-state index contributed by atoms with van der Waals surface area (Å²) in [5.41, 5.74) is 0.163. The summed E-state index contributed by atoms with van der Waals surface area (Å²) in [4.78, 5) is 10.7. The van der Waals surface area contributed by atoms with Crippen LogP contribution in [0.1, 0.15) is 0 Å². The molecule has 0 aliphatic carbocycles. The second kappa shape index (κ2) is 9.46. The van der Waals surface area contributed by atoms with E-state index in [0.717, 1.165) is 29.2 Å². The van der Waals surface area contributed by atoms with Crippen LogP contribution in [0.3, 0.4) is 0 Å². The average molecular weight is 498 g/mol. The fourth-order valence-corrected chi connectivity index (χ4v) is 6.58. The maximum absolute atomic E-state index is 13.4. The number of hydrogen-bond donors (Lipinski definition) is 1. The van der Waals surface area contributed by atoms with Gasteiger partial charge in [0.1, 0.15) is 10.7 Å². The number of benzene rings is 2. The van der Waals surface area contributed by atoms with Crippen molar-refractivity contribution in [2.75, 3.05) is 31.6 Å². The van der Waals surface area contributed by atoms with Crippen LogP contribution < -0.4 is 5.32 Å². The highest BCUT2D eigenvalue weighted by molar-refractivity contribution is 8.01. The Balaban J connectivity index is 1.62. The maximum atomic E-state index is 13.4. The molecule has 1 aromatic heterocycles. The minimum atomic E-state index is -3.99. The quantitative estimate of drug-likeness (QED) is 0.385. The number of hydrogen-bond acceptors (Lipinski definition) is 10. The number of non-ortho nitro benzene ring substituents is 1. The Morgan fingerprint density at radius 2 is 1.97 bits per heavy atom. The van der Waals surface area contributed by atoms with Gasteiger partial charge in [-0.15, -0.1) is 10.2 Å². The number of nitro benzene ring substituents is 1. The van der Waals surface area contributed by atoms with Crippen LogP contribution in [0.4, 0.5) is 20.9 Å². The minimum absolute atomic E-state index is 0.162. The minimum Gasteiger partial charge on any atom is -0.379 e. The van der Waals surface area contributed by atoms with Gasteiger partial charge in [0.05, 0.1) is 18.1 Å². The van der Waals surface area contributed by atoms with Crippen molar-refractivity contribution >= 4 is 49.6 Å². The van der Waals surface area contributed by atoms with E-state index in [1.165, 1.54) is 28.6 Å². The molecular weight excluding hydrogens is 481 g/mol. The second-order valence-electron chi connectivity index (χ2n) is 6.52. The van der Waals surface area contributed by atoms with Crippen molar-refractivity contribution in [3.63, 3.8) is 0 Å². The Morgan fingerprint density at radius 1 is 1.19 bits per heavy atom. The van der Waals surface area contributed by atoms with E-state index in [1.807, 2.05) is 0 Å². The third-order valence-corrected chi connectivity index (χ3v) is 8.44. The number of rotatable bonds is 7. The zero-order valence-corrected chi connectivity index (χ0v) is 18.8. The molecule has 0 unspecified atom stereocenters. The predicted molar refractivity (Wildman–Crippen MR) is 116 cm³/mol. The van der Waals surface area contributed by atoms with Gasteiger partial charge in [-0.3, -0.25) is 10.1 Å². The van der Waals surface area contributed by atoms with Crippen molar-refractivity contribution in [3.05, 3.63) is 58.4 Å². The molecule has 3 aromatic rings. The van der Waals surface area contributed by atoms with E-state index < -0.39 is 20.8 Å². The number of morpholine rings is 1. The summed E-state index contributed by atoms with van der Waals surface area (Å²) in [5, 5.41) is 22.6. The van der Waals surface area contributed by atoms with Crippen LogP contribution in [0, 0.1) is 15.9 Å². The van der Waals surface area contributed by atoms with Crippen LogP contribution >= 0.6 is 23.1 Å². The Kier molecular flexibility index (Phi) is 6.66. The van der Waals surface area contributed by atoms with E-state index in [4.69, 9.17) is 4.74 Å². The van der Waals surface area contributed by atoms with Gasteiger partial charge in [0.15, 0.2) is 4.34 Å². The first-order valence-electron chi connectivity index (χ1n) is 9.23. The molecule has 1 N–H and O–H groups in total. The first-order valence-corrected chi connectivity index (χ1v) is 12.3. The molecule has 1 saturated heterocycles. The van der Waals surface area contributed by atoms with Gasteiger partial charge in [0.25, 0.3) is 5.69 Å². The van der Waals surface area contributed by atoms with Crippen LogP contribution in [-0.4, -0.2) is 54.1 Å². The third-order valence-electron chi connectivity index (χ3n) is 4.41. The zero-order valence-electron chi connectivity index (χ0n) is 16.3. The third kappa shape index (κ3) is 5.05. The summed E-state index contributed by atoms with van der Waals surface area (Å²) in [7, 11) is -3.99. The summed E-state index contributed by atoms with van der Waals surface area (Å²) in [6.07, 6.45) is 0. The number of aromatic nitrogens is 2. The molecule has 0 radical (unpaired) electrons. The number of halogens is 1. The van der Waals surface area contributed by atoms with Gasteiger partial charge in [-0.05, 0) is 24.3 Å². The normalized spacial score (nSPS) is 14.9. The van der Waals surface area contributed by atoms with Gasteiger partial charge in [-0.1, -0.05) is 29.2 Å². The Labute approximate surface area is 190 Å². The SMILES string of the molecule is O=[N+]([O-])c1ccc(Sc2nnc(Nc3cccc(F)c3)s2)c(S(=O)(=O)N2CCOCC2)c1. The van der Waals surface area contributed by atoms with Crippen LogP contribution in [-0.2, 0) is 14.8 Å². The highest BCUT2D eigenvalue weighted by Gasteiger charge is 2.31. The van der Waals surface area contributed by atoms with Gasteiger partial charge in [0, 0.05) is 35.8 Å². The van der Waals surface area contributed by atoms with E-state index in [0.29, 0.717) is 15.2 Å². The molecule has 10 nitrogen and oxygen atoms in total. The molecule has 4 rings (SSSR count). The summed E-state index contributed by atoms with van der Waals surface area (Å²) in [6, 6.07) is 9.52. The van der Waals surface area contributed by atoms with E-state index >= 15 is 0 Å². The van der Waals surface area contributed by atoms with Crippen molar-refractivity contribution in [1.29, 1.82) is 0 Å². The monoisotopic (exact) mass is 497 g/mol. The Hall–Kier alpha value is -2.65. The summed E-state index contributed by atoms with van der Waals surface area (Å²) in [6.45, 7) is 0.829. The Bertz CT molecular complexity index is 1250. The van der Waals surface area contributed by atoms with Crippen molar-refractivity contribution in [3.8, 4) is 0 Å². The molecular formula is C18H16FN5O5S3. The molecule has 0 saturated carbocycles. The number of nitrogens with zero attached hydrogens (tertiary/aromatic N) is 4. The van der Waals surface area contributed by atoms with Crippen LogP contribution in [0.25, 0.3) is 0 Å². The zero-order chi connectivity index (χ0) is 22.7. The van der Waals surface area contributed by atoms with Gasteiger partial charge >= 0.3 is 0 Å². The van der Waals surface area contributed by atoms with Gasteiger partial charge in [0.2, 0.25) is 15.2 Å². The van der Waals surface area contributed by atoms with Crippen molar-refractivity contribution in [1.82, 2.24) is 14.5 Å². The van der Waals surface area contributed by atoms with Gasteiger partial charge in [-0.2, -0.15) is 4.31 Å². The van der Waals surface area contributed by atoms with Crippen molar-refractivity contribution < 1.29 is 22.5 Å². The molecule has 0 bridgehead atoms. The lowest BCUT2D eigenvalue weighted by Crippen LogP contribution is -2.40. The van der Waals surface area contributed by atoms with Crippen LogP contribution in [0.2, 0.25) is 0 Å². The molecule has 2 aromatic carbocycles. The van der Waals surface area contributed by atoms with E-state index in [9.17, 15) is 22.9 Å². The first kappa shape index (κ1) is 22.5. The molecule has 14 heteroatoms. The molecule has 2 heterocycles. The molecule has 168 valence electrons. The van der Waals surface area contributed by atoms with Gasteiger partial charge in [-0.25, -0.2) is 12.8 Å². The lowest BCUT2D eigenvalue weighted by atomic mass is 10.3. The lowest BCUT2D eigenvalue weighted by Gasteiger charge is -2.26. The topological polar surface area (TPSA) is 128 Å². The van der Waals surface area contributed by atoms with E-state index in [1.54, 1.807) is 12.1 Å². The van der Waals surface area contributed by atoms with Crippen molar-refractivity contribution in [2.45, 2.75) is 14.1 Å². The average Bonchev–Trinajstić information content (AvgIpc) is 3.21. The molecule has 1 aliphatic rings. The summed E-state index contributed by atoms with van der Waals surface area (Å²) in [5.74, 6) is -0.405. The summed E-state index contributed by atoms with van der Waals surface area (Å²) >= 11 is 2.17. The predicted octanol–water partition coefficient (Wildman–Crippen LogP) is 3.50. The highest BCUT2D eigenvalue weighted by Crippen LogP contribution is 2.38. The first-order chi connectivity index (χ1) is 15.3. The fourth-order valence-electron chi connectivity index (χ4n) is 2.91. The van der Waals surface area contributed by atoms with Crippen LogP contribution in [0.5, 0.6) is 0 Å². The second-order valence-corrected chi connectivity index (χ2v) is 10.7. The number of nitro groups is 1. The van der Waals surface area contributed by atoms with Crippen LogP contribution in [0.15, 0.2) is 56.6 Å². The largest absolute Gasteiger partial charge is 0.379 e. The lowest BCUT2D eigenvalue weighted by molar-refractivity contribution is -0.385. The molecule has 1 aliphatic heterocycles. The molecule has 0 amide bonds. The van der Waals surface area contributed by atoms with Gasteiger partial charge < -0.3 is 10.1 Å². The van der Waals surface area contributed by atoms with Crippen molar-refractivity contribution in [2.24, 2.45) is 0 Å². The standard InChI is InChI=1S/C18H16FN5O5S3/c19-12-2-1-3-13(10-12)20-17-21-22-18(31-17)30-15-5-4-14(24(25)26)11-16(15)32(27,28)23-6-8-29-9-7-23/h1-5,10-11H,6-9H2,(H,20,21). The number of ether oxygens (including phenoxy) is 1. The molecule has 1 fully saturated rings. The fraction of sp³-hybridized carbons (Fsp3) is 0.222.